The number of aryl methyl sites for hydroxylation is 1. The van der Waals surface area contributed by atoms with E-state index in [1.807, 2.05) is 41.3 Å². The minimum atomic E-state index is -0.202. The minimum absolute atomic E-state index is 0.00824. The quantitative estimate of drug-likeness (QED) is 0.298. The molecule has 0 saturated heterocycles. The van der Waals surface area contributed by atoms with E-state index in [0.29, 0.717) is 25.2 Å². The van der Waals surface area contributed by atoms with E-state index in [9.17, 15) is 4.79 Å². The molecule has 0 spiro atoms. The number of imidazole rings is 1. The van der Waals surface area contributed by atoms with Crippen molar-refractivity contribution in [2.75, 3.05) is 13.1 Å². The fraction of sp³-hybridized carbons (Fsp3) is 0.290. The molecule has 1 aromatic heterocycles. The van der Waals surface area contributed by atoms with E-state index in [2.05, 4.69) is 80.1 Å². The summed E-state index contributed by atoms with van der Waals surface area (Å²) in [5, 5.41) is 0. The number of amides is 1. The van der Waals surface area contributed by atoms with Crippen LogP contribution in [0.25, 0.3) is 11.3 Å². The first-order chi connectivity index (χ1) is 17.5. The average Bonchev–Trinajstić information content (AvgIpc) is 3.30. The Morgan fingerprint density at radius 2 is 1.58 bits per heavy atom. The zero-order valence-corrected chi connectivity index (χ0v) is 21.5. The van der Waals surface area contributed by atoms with Crippen molar-refractivity contribution in [2.45, 2.75) is 39.8 Å². The summed E-state index contributed by atoms with van der Waals surface area (Å²) in [5.41, 5.74) is 11.0. The van der Waals surface area contributed by atoms with Gasteiger partial charge in [-0.15, -0.1) is 0 Å². The van der Waals surface area contributed by atoms with Crippen molar-refractivity contribution in [3.63, 3.8) is 0 Å². The van der Waals surface area contributed by atoms with Gasteiger partial charge in [0.05, 0.1) is 11.7 Å². The van der Waals surface area contributed by atoms with Gasteiger partial charge >= 0.3 is 0 Å². The number of carbonyl (C=O) groups is 1. The zero-order chi connectivity index (χ0) is 25.5. The summed E-state index contributed by atoms with van der Waals surface area (Å²) in [4.78, 5) is 20.9. The van der Waals surface area contributed by atoms with Gasteiger partial charge in [0.2, 0.25) is 0 Å². The molecule has 0 aliphatic carbocycles. The number of hydrogen-bond donors (Lipinski definition) is 1. The highest BCUT2D eigenvalue weighted by Gasteiger charge is 2.32. The molecule has 2 N–H and O–H groups in total. The molecule has 4 aromatic rings. The van der Waals surface area contributed by atoms with Gasteiger partial charge in [-0.25, -0.2) is 4.98 Å². The molecule has 1 atom stereocenters. The molecule has 0 bridgehead atoms. The van der Waals surface area contributed by atoms with E-state index in [1.165, 1.54) is 11.1 Å². The van der Waals surface area contributed by atoms with Crippen LogP contribution < -0.4 is 5.73 Å². The van der Waals surface area contributed by atoms with E-state index < -0.39 is 0 Å². The molecule has 0 saturated carbocycles. The first kappa shape index (κ1) is 25.4. The Bertz CT molecular complexity index is 1250. The highest BCUT2D eigenvalue weighted by Crippen LogP contribution is 2.32. The molecule has 5 heteroatoms. The van der Waals surface area contributed by atoms with Crippen molar-refractivity contribution in [1.29, 1.82) is 0 Å². The van der Waals surface area contributed by atoms with Crippen molar-refractivity contribution >= 4 is 5.91 Å². The second kappa shape index (κ2) is 11.8. The lowest BCUT2D eigenvalue weighted by atomic mass is 9.99. The molecular weight excluding hydrogens is 444 g/mol. The van der Waals surface area contributed by atoms with Crippen LogP contribution in [0.3, 0.4) is 0 Å². The maximum atomic E-state index is 13.8. The molecule has 3 aromatic carbocycles. The number of benzene rings is 3. The Hall–Kier alpha value is -3.70. The molecule has 0 fully saturated rings. The molecule has 36 heavy (non-hydrogen) atoms. The Morgan fingerprint density at radius 1 is 0.944 bits per heavy atom. The standard InChI is InChI=1S/C31H36N4O/c1-23(2)29(35(20-10-19-32)31(36)27-13-8-5-9-14-27)30-33-28(26-17-15-24(3)16-18-26)22-34(30)21-25-11-6-4-7-12-25/h4-9,11-18,22-23,29H,10,19-21,32H2,1-3H3/t29-/m1/s1. The Labute approximate surface area is 214 Å². The van der Waals surface area contributed by atoms with Gasteiger partial charge in [-0.2, -0.15) is 0 Å². The predicted octanol–water partition coefficient (Wildman–Crippen LogP) is 6.10. The van der Waals surface area contributed by atoms with Crippen molar-refractivity contribution in [1.82, 2.24) is 14.5 Å². The number of rotatable bonds is 10. The number of nitrogens with two attached hydrogens (primary N) is 1. The summed E-state index contributed by atoms with van der Waals surface area (Å²) >= 11 is 0. The zero-order valence-electron chi connectivity index (χ0n) is 21.5. The van der Waals surface area contributed by atoms with E-state index in [-0.39, 0.29) is 17.9 Å². The Morgan fingerprint density at radius 3 is 2.19 bits per heavy atom. The molecule has 4 rings (SSSR count). The third-order valence-corrected chi connectivity index (χ3v) is 6.47. The second-order valence-corrected chi connectivity index (χ2v) is 9.66. The van der Waals surface area contributed by atoms with Crippen molar-refractivity contribution in [3.05, 3.63) is 114 Å². The summed E-state index contributed by atoms with van der Waals surface area (Å²) in [6, 6.07) is 28.1. The Balaban J connectivity index is 1.82. The molecule has 5 nitrogen and oxygen atoms in total. The van der Waals surface area contributed by atoms with Crippen LogP contribution in [0.4, 0.5) is 0 Å². The monoisotopic (exact) mass is 480 g/mol. The fourth-order valence-electron chi connectivity index (χ4n) is 4.61. The van der Waals surface area contributed by atoms with Crippen LogP contribution in [0.5, 0.6) is 0 Å². The van der Waals surface area contributed by atoms with Gasteiger partial charge in [-0.1, -0.05) is 92.2 Å². The third kappa shape index (κ3) is 5.92. The van der Waals surface area contributed by atoms with Gasteiger partial charge < -0.3 is 15.2 Å². The summed E-state index contributed by atoms with van der Waals surface area (Å²) < 4.78 is 2.21. The second-order valence-electron chi connectivity index (χ2n) is 9.66. The van der Waals surface area contributed by atoms with Crippen LogP contribution in [0.1, 0.15) is 53.6 Å². The lowest BCUT2D eigenvalue weighted by Gasteiger charge is -2.34. The maximum Gasteiger partial charge on any atom is 0.254 e. The van der Waals surface area contributed by atoms with E-state index in [4.69, 9.17) is 10.7 Å². The summed E-state index contributed by atoms with van der Waals surface area (Å²) in [6.07, 6.45) is 2.85. The van der Waals surface area contributed by atoms with E-state index in [0.717, 1.165) is 23.5 Å². The molecule has 0 aliphatic rings. The van der Waals surface area contributed by atoms with E-state index >= 15 is 0 Å². The summed E-state index contributed by atoms with van der Waals surface area (Å²) in [7, 11) is 0. The van der Waals surface area contributed by atoms with Crippen LogP contribution in [0, 0.1) is 12.8 Å². The smallest absolute Gasteiger partial charge is 0.254 e. The highest BCUT2D eigenvalue weighted by atomic mass is 16.2. The van der Waals surface area contributed by atoms with Crippen LogP contribution in [-0.4, -0.2) is 33.4 Å². The highest BCUT2D eigenvalue weighted by molar-refractivity contribution is 5.94. The molecule has 186 valence electrons. The molecule has 0 radical (unpaired) electrons. The lowest BCUT2D eigenvalue weighted by molar-refractivity contribution is 0.0604. The van der Waals surface area contributed by atoms with Gasteiger partial charge in [-0.05, 0) is 43.5 Å². The van der Waals surface area contributed by atoms with E-state index in [1.54, 1.807) is 0 Å². The van der Waals surface area contributed by atoms with Gasteiger partial charge in [0, 0.05) is 30.4 Å². The first-order valence-electron chi connectivity index (χ1n) is 12.7. The average molecular weight is 481 g/mol. The fourth-order valence-corrected chi connectivity index (χ4v) is 4.61. The van der Waals surface area contributed by atoms with Crippen molar-refractivity contribution in [3.8, 4) is 11.3 Å². The normalized spacial score (nSPS) is 12.0. The summed E-state index contributed by atoms with van der Waals surface area (Å²) in [6.45, 7) is 8.18. The molecule has 0 unspecified atom stereocenters. The van der Waals surface area contributed by atoms with Crippen molar-refractivity contribution < 1.29 is 4.79 Å². The number of hydrogen-bond acceptors (Lipinski definition) is 3. The summed E-state index contributed by atoms with van der Waals surface area (Å²) in [5.74, 6) is 1.05. The van der Waals surface area contributed by atoms with Crippen LogP contribution in [-0.2, 0) is 6.54 Å². The van der Waals surface area contributed by atoms with Crippen LogP contribution >= 0.6 is 0 Å². The molecule has 0 aliphatic heterocycles. The third-order valence-electron chi connectivity index (χ3n) is 6.47. The number of carbonyl (C=O) groups excluding carboxylic acids is 1. The van der Waals surface area contributed by atoms with Gasteiger partial charge in [0.15, 0.2) is 0 Å². The minimum Gasteiger partial charge on any atom is -0.330 e. The molecular formula is C31H36N4O. The van der Waals surface area contributed by atoms with Gasteiger partial charge in [0.25, 0.3) is 5.91 Å². The van der Waals surface area contributed by atoms with Gasteiger partial charge in [-0.3, -0.25) is 4.79 Å². The molecule has 1 heterocycles. The number of aromatic nitrogens is 2. The van der Waals surface area contributed by atoms with Gasteiger partial charge in [0.1, 0.15) is 5.82 Å². The van der Waals surface area contributed by atoms with Crippen LogP contribution in [0.15, 0.2) is 91.1 Å². The Kier molecular flexibility index (Phi) is 8.34. The van der Waals surface area contributed by atoms with Crippen LogP contribution in [0.2, 0.25) is 0 Å². The SMILES string of the molecule is Cc1ccc(-c2cn(Cc3ccccc3)c([C@@H](C(C)C)N(CCCN)C(=O)c3ccccc3)n2)cc1. The first-order valence-corrected chi connectivity index (χ1v) is 12.7. The predicted molar refractivity (Wildman–Crippen MR) is 147 cm³/mol. The lowest BCUT2D eigenvalue weighted by Crippen LogP contribution is -2.40. The maximum absolute atomic E-state index is 13.8. The topological polar surface area (TPSA) is 64.2 Å². The largest absolute Gasteiger partial charge is 0.330 e. The van der Waals surface area contributed by atoms with Crippen molar-refractivity contribution in [2.24, 2.45) is 11.7 Å². The number of nitrogens with zero attached hydrogens (tertiary/aromatic N) is 3. The molecule has 1 amide bonds.